The van der Waals surface area contributed by atoms with Gasteiger partial charge in [0.15, 0.2) is 0 Å². The highest BCUT2D eigenvalue weighted by Crippen LogP contribution is 2.31. The Hall–Kier alpha value is -3.15. The van der Waals surface area contributed by atoms with E-state index in [0.717, 1.165) is 22.4 Å². The minimum absolute atomic E-state index is 0.0227. The van der Waals surface area contributed by atoms with Crippen molar-refractivity contribution >= 4 is 22.8 Å². The van der Waals surface area contributed by atoms with Crippen LogP contribution >= 0.6 is 0 Å². The molecule has 0 radical (unpaired) electrons. The fourth-order valence-corrected chi connectivity index (χ4v) is 3.98. The number of hydrogen-bond acceptors (Lipinski definition) is 3. The summed E-state index contributed by atoms with van der Waals surface area (Å²) in [7, 11) is 0. The zero-order valence-corrected chi connectivity index (χ0v) is 16.8. The fourth-order valence-electron chi connectivity index (χ4n) is 3.98. The van der Waals surface area contributed by atoms with Gasteiger partial charge in [0.25, 0.3) is 0 Å². The Morgan fingerprint density at radius 2 is 1.86 bits per heavy atom. The highest BCUT2D eigenvalue weighted by molar-refractivity contribution is 5.83. The molecule has 4 rings (SSSR count). The second-order valence-electron chi connectivity index (χ2n) is 7.93. The molecular formula is C23H26N4O2. The van der Waals surface area contributed by atoms with E-state index in [-0.39, 0.29) is 30.3 Å². The number of para-hydroxylation sites is 2. The van der Waals surface area contributed by atoms with Crippen molar-refractivity contribution in [3.8, 4) is 0 Å². The third-order valence-electron chi connectivity index (χ3n) is 5.23. The van der Waals surface area contributed by atoms with E-state index in [2.05, 4.69) is 5.32 Å². The van der Waals surface area contributed by atoms with Gasteiger partial charge in [-0.3, -0.25) is 9.59 Å². The summed E-state index contributed by atoms with van der Waals surface area (Å²) in [6.07, 6.45) is 0.419. The number of nitrogens with one attached hydrogen (secondary N) is 1. The smallest absolute Gasteiger partial charge is 0.240 e. The van der Waals surface area contributed by atoms with Gasteiger partial charge in [0.2, 0.25) is 11.8 Å². The molecule has 1 aliphatic rings. The maximum absolute atomic E-state index is 12.7. The van der Waals surface area contributed by atoms with E-state index in [4.69, 9.17) is 4.98 Å². The van der Waals surface area contributed by atoms with Gasteiger partial charge in [-0.2, -0.15) is 0 Å². The number of fused-ring (bicyclic) bond motifs is 1. The van der Waals surface area contributed by atoms with Gasteiger partial charge in [-0.15, -0.1) is 0 Å². The molecule has 29 heavy (non-hydrogen) atoms. The van der Waals surface area contributed by atoms with Crippen molar-refractivity contribution in [3.63, 3.8) is 0 Å². The minimum Gasteiger partial charge on any atom is -0.352 e. The fraction of sp³-hybridized carbons (Fsp3) is 0.348. The lowest BCUT2D eigenvalue weighted by atomic mass is 10.1. The molecule has 2 amide bonds. The van der Waals surface area contributed by atoms with Crippen LogP contribution in [0, 0.1) is 0 Å². The van der Waals surface area contributed by atoms with Crippen LogP contribution in [-0.4, -0.2) is 38.9 Å². The Morgan fingerprint density at radius 3 is 2.62 bits per heavy atom. The molecule has 2 aromatic carbocycles. The van der Waals surface area contributed by atoms with Crippen LogP contribution in [0.15, 0.2) is 54.6 Å². The van der Waals surface area contributed by atoms with Crippen molar-refractivity contribution < 1.29 is 9.59 Å². The van der Waals surface area contributed by atoms with Crippen molar-refractivity contribution in [2.45, 2.75) is 45.3 Å². The Morgan fingerprint density at radius 1 is 1.14 bits per heavy atom. The topological polar surface area (TPSA) is 67.2 Å². The largest absolute Gasteiger partial charge is 0.352 e. The van der Waals surface area contributed by atoms with Crippen LogP contribution < -0.4 is 5.32 Å². The third-order valence-corrected chi connectivity index (χ3v) is 5.23. The quantitative estimate of drug-likeness (QED) is 0.703. The third kappa shape index (κ3) is 4.16. The zero-order chi connectivity index (χ0) is 20.4. The summed E-state index contributed by atoms with van der Waals surface area (Å²) in [5, 5.41) is 2.95. The van der Waals surface area contributed by atoms with Gasteiger partial charge < -0.3 is 14.8 Å². The van der Waals surface area contributed by atoms with Crippen LogP contribution in [0.4, 0.5) is 0 Å². The van der Waals surface area contributed by atoms with Crippen molar-refractivity contribution in [2.75, 3.05) is 6.54 Å². The minimum atomic E-state index is -0.0464. The highest BCUT2D eigenvalue weighted by atomic mass is 16.2. The number of likely N-dealkylation sites (tertiary alicyclic amines) is 1. The number of aromatic nitrogens is 2. The Labute approximate surface area is 170 Å². The molecule has 150 valence electrons. The first kappa shape index (κ1) is 19.2. The average Bonchev–Trinajstić information content (AvgIpc) is 3.23. The molecule has 1 aliphatic heterocycles. The van der Waals surface area contributed by atoms with Gasteiger partial charge in [0, 0.05) is 31.5 Å². The lowest BCUT2D eigenvalue weighted by molar-refractivity contribution is -0.128. The number of imidazole rings is 1. The Bertz CT molecular complexity index is 1030. The number of carbonyl (C=O) groups excluding carboxylic acids is 2. The molecule has 0 saturated carbocycles. The number of hydrogen-bond donors (Lipinski definition) is 1. The van der Waals surface area contributed by atoms with E-state index in [1.54, 1.807) is 0 Å². The van der Waals surface area contributed by atoms with Crippen molar-refractivity contribution in [1.29, 1.82) is 0 Å². The predicted octanol–water partition coefficient (Wildman–Crippen LogP) is 3.08. The normalized spacial score (nSPS) is 16.7. The average molecular weight is 390 g/mol. The SMILES string of the molecule is CC(C)NC(=O)Cn1c([C@H]2CC(=O)N(Cc3ccccc3)C2)nc2ccccc21. The van der Waals surface area contributed by atoms with Crippen molar-refractivity contribution in [2.24, 2.45) is 0 Å². The number of amides is 2. The molecule has 6 heteroatoms. The Balaban J connectivity index is 1.61. The summed E-state index contributed by atoms with van der Waals surface area (Å²) in [5.41, 5.74) is 2.90. The molecule has 0 bridgehead atoms. The molecule has 1 aromatic heterocycles. The van der Waals surface area contributed by atoms with Gasteiger partial charge in [-0.05, 0) is 31.5 Å². The van der Waals surface area contributed by atoms with E-state index < -0.39 is 0 Å². The number of carbonyl (C=O) groups is 2. The number of rotatable bonds is 6. The molecule has 2 heterocycles. The molecule has 1 N–H and O–H groups in total. The Kier molecular flexibility index (Phi) is 5.34. The monoisotopic (exact) mass is 390 g/mol. The van der Waals surface area contributed by atoms with E-state index in [0.29, 0.717) is 19.5 Å². The summed E-state index contributed by atoms with van der Waals surface area (Å²) in [5.74, 6) is 0.874. The van der Waals surface area contributed by atoms with Crippen LogP contribution in [0.1, 0.15) is 37.6 Å². The lowest BCUT2D eigenvalue weighted by Crippen LogP contribution is -2.33. The molecule has 1 fully saturated rings. The van der Waals surface area contributed by atoms with Gasteiger partial charge in [-0.1, -0.05) is 42.5 Å². The molecule has 0 aliphatic carbocycles. The first-order valence-corrected chi connectivity index (χ1v) is 10.1. The highest BCUT2D eigenvalue weighted by Gasteiger charge is 2.34. The van der Waals surface area contributed by atoms with Crippen molar-refractivity contribution in [1.82, 2.24) is 19.8 Å². The molecule has 0 spiro atoms. The molecule has 6 nitrogen and oxygen atoms in total. The second kappa shape index (κ2) is 8.07. The molecule has 1 atom stereocenters. The summed E-state index contributed by atoms with van der Waals surface area (Å²) < 4.78 is 1.97. The summed E-state index contributed by atoms with van der Waals surface area (Å²) in [6.45, 7) is 5.31. The van der Waals surface area contributed by atoms with Gasteiger partial charge in [0.05, 0.1) is 11.0 Å². The first-order valence-electron chi connectivity index (χ1n) is 10.1. The maximum atomic E-state index is 12.7. The standard InChI is InChI=1S/C23H26N4O2/c1-16(2)24-21(28)15-27-20-11-7-6-10-19(20)25-23(27)18-12-22(29)26(14-18)13-17-8-4-3-5-9-17/h3-11,16,18H,12-15H2,1-2H3,(H,24,28)/t18-/m0/s1. The lowest BCUT2D eigenvalue weighted by Gasteiger charge is -2.17. The zero-order valence-electron chi connectivity index (χ0n) is 16.8. The van der Waals surface area contributed by atoms with E-state index >= 15 is 0 Å². The van der Waals surface area contributed by atoms with Crippen LogP contribution in [0.5, 0.6) is 0 Å². The van der Waals surface area contributed by atoms with E-state index in [9.17, 15) is 9.59 Å². The molecular weight excluding hydrogens is 364 g/mol. The molecule has 1 saturated heterocycles. The first-order chi connectivity index (χ1) is 14.0. The van der Waals surface area contributed by atoms with E-state index in [1.807, 2.05) is 77.9 Å². The maximum Gasteiger partial charge on any atom is 0.240 e. The number of benzene rings is 2. The molecule has 3 aromatic rings. The summed E-state index contributed by atoms with van der Waals surface area (Å²) in [6, 6.07) is 17.9. The predicted molar refractivity (Wildman–Crippen MR) is 112 cm³/mol. The van der Waals surface area contributed by atoms with Gasteiger partial charge in [0.1, 0.15) is 12.4 Å². The van der Waals surface area contributed by atoms with Crippen LogP contribution in [-0.2, 0) is 22.7 Å². The number of nitrogens with zero attached hydrogens (tertiary/aromatic N) is 3. The van der Waals surface area contributed by atoms with Crippen LogP contribution in [0.2, 0.25) is 0 Å². The van der Waals surface area contributed by atoms with Gasteiger partial charge in [-0.25, -0.2) is 4.98 Å². The summed E-state index contributed by atoms with van der Waals surface area (Å²) in [4.78, 5) is 31.8. The van der Waals surface area contributed by atoms with Gasteiger partial charge >= 0.3 is 0 Å². The van der Waals surface area contributed by atoms with Crippen molar-refractivity contribution in [3.05, 3.63) is 66.0 Å². The van der Waals surface area contributed by atoms with E-state index in [1.165, 1.54) is 0 Å². The van der Waals surface area contributed by atoms with Crippen LogP contribution in [0.25, 0.3) is 11.0 Å². The molecule has 0 unspecified atom stereocenters. The van der Waals surface area contributed by atoms with Crippen LogP contribution in [0.3, 0.4) is 0 Å². The second-order valence-corrected chi connectivity index (χ2v) is 7.93. The summed E-state index contributed by atoms with van der Waals surface area (Å²) >= 11 is 0.